The number of aromatic nitrogens is 1. The quantitative estimate of drug-likeness (QED) is 0.558. The average Bonchev–Trinajstić information content (AvgIpc) is 2.58. The van der Waals surface area contributed by atoms with E-state index in [4.69, 9.17) is 27.9 Å². The van der Waals surface area contributed by atoms with Gasteiger partial charge < -0.3 is 4.74 Å². The molecule has 116 valence electrons. The predicted molar refractivity (Wildman–Crippen MR) is 90.4 cm³/mol. The highest BCUT2D eigenvalue weighted by atomic mass is 35.5. The second kappa shape index (κ2) is 6.99. The molecule has 0 N–H and O–H groups in total. The summed E-state index contributed by atoms with van der Waals surface area (Å²) in [6.45, 7) is 0.132. The SMILES string of the molecule is Fc1cc(COc2cncc(-c3ccccc3)c2)c(Cl)cc1Cl. The third-order valence-corrected chi connectivity index (χ3v) is 3.95. The highest BCUT2D eigenvalue weighted by Crippen LogP contribution is 2.27. The zero-order valence-corrected chi connectivity index (χ0v) is 13.5. The molecule has 1 heterocycles. The van der Waals surface area contributed by atoms with Crippen LogP contribution in [0.25, 0.3) is 11.1 Å². The zero-order chi connectivity index (χ0) is 16.2. The molecule has 2 nitrogen and oxygen atoms in total. The third kappa shape index (κ3) is 3.81. The van der Waals surface area contributed by atoms with E-state index in [1.165, 1.54) is 12.1 Å². The Bertz CT molecular complexity index is 825. The molecular formula is C18H12Cl2FNO. The number of rotatable bonds is 4. The van der Waals surface area contributed by atoms with Crippen LogP contribution in [0.3, 0.4) is 0 Å². The van der Waals surface area contributed by atoms with E-state index in [0.717, 1.165) is 11.1 Å². The molecule has 23 heavy (non-hydrogen) atoms. The van der Waals surface area contributed by atoms with Crippen LogP contribution in [-0.4, -0.2) is 4.98 Å². The molecule has 2 aromatic carbocycles. The molecule has 0 bridgehead atoms. The average molecular weight is 348 g/mol. The standard InChI is InChI=1S/C18H12Cl2FNO/c19-16-8-17(20)18(21)7-14(16)11-23-15-6-13(9-22-10-15)12-4-2-1-3-5-12/h1-10H,11H2. The lowest BCUT2D eigenvalue weighted by molar-refractivity contribution is 0.304. The summed E-state index contributed by atoms with van der Waals surface area (Å²) in [5, 5.41) is 0.357. The van der Waals surface area contributed by atoms with Crippen LogP contribution in [0, 0.1) is 5.82 Å². The van der Waals surface area contributed by atoms with E-state index in [-0.39, 0.29) is 11.6 Å². The van der Waals surface area contributed by atoms with Gasteiger partial charge in [-0.1, -0.05) is 53.5 Å². The van der Waals surface area contributed by atoms with Gasteiger partial charge in [0.25, 0.3) is 0 Å². The molecule has 3 aromatic rings. The normalized spacial score (nSPS) is 10.6. The second-order valence-corrected chi connectivity index (χ2v) is 5.74. The highest BCUT2D eigenvalue weighted by Gasteiger charge is 2.08. The van der Waals surface area contributed by atoms with Crippen LogP contribution in [0.2, 0.25) is 10.0 Å². The summed E-state index contributed by atoms with van der Waals surface area (Å²) in [7, 11) is 0. The largest absolute Gasteiger partial charge is 0.487 e. The molecule has 5 heteroatoms. The van der Waals surface area contributed by atoms with E-state index in [9.17, 15) is 4.39 Å². The van der Waals surface area contributed by atoms with Gasteiger partial charge in [0.05, 0.1) is 11.2 Å². The summed E-state index contributed by atoms with van der Waals surface area (Å²) in [4.78, 5) is 4.17. The summed E-state index contributed by atoms with van der Waals surface area (Å²) in [5.41, 5.74) is 2.51. The van der Waals surface area contributed by atoms with Gasteiger partial charge in [0.15, 0.2) is 0 Å². The minimum absolute atomic E-state index is 0.00788. The fourth-order valence-corrected chi connectivity index (χ4v) is 2.56. The summed E-state index contributed by atoms with van der Waals surface area (Å²) in [6, 6.07) is 14.4. The van der Waals surface area contributed by atoms with Crippen LogP contribution in [-0.2, 0) is 6.61 Å². The van der Waals surface area contributed by atoms with Gasteiger partial charge in [-0.2, -0.15) is 0 Å². The molecule has 0 fully saturated rings. The molecule has 0 saturated heterocycles. The van der Waals surface area contributed by atoms with Crippen molar-refractivity contribution < 1.29 is 9.13 Å². The lowest BCUT2D eigenvalue weighted by Gasteiger charge is -2.10. The smallest absolute Gasteiger partial charge is 0.142 e. The summed E-state index contributed by atoms with van der Waals surface area (Å²) < 4.78 is 19.2. The maximum atomic E-state index is 13.5. The van der Waals surface area contributed by atoms with Gasteiger partial charge in [0.1, 0.15) is 18.2 Å². The van der Waals surface area contributed by atoms with Crippen molar-refractivity contribution >= 4 is 23.2 Å². The van der Waals surface area contributed by atoms with Crippen molar-refractivity contribution in [3.8, 4) is 16.9 Å². The number of benzene rings is 2. The van der Waals surface area contributed by atoms with E-state index < -0.39 is 5.82 Å². The molecule has 0 amide bonds. The molecule has 0 radical (unpaired) electrons. The van der Waals surface area contributed by atoms with Crippen molar-refractivity contribution in [2.24, 2.45) is 0 Å². The summed E-state index contributed by atoms with van der Waals surface area (Å²) in [5.74, 6) is 0.0589. The fourth-order valence-electron chi connectivity index (χ4n) is 2.12. The van der Waals surface area contributed by atoms with E-state index in [1.54, 1.807) is 12.4 Å². The van der Waals surface area contributed by atoms with Gasteiger partial charge in [-0.25, -0.2) is 4.39 Å². The topological polar surface area (TPSA) is 22.1 Å². The van der Waals surface area contributed by atoms with Gasteiger partial charge in [-0.3, -0.25) is 4.98 Å². The molecule has 0 atom stereocenters. The van der Waals surface area contributed by atoms with Crippen molar-refractivity contribution in [1.82, 2.24) is 4.98 Å². The Morgan fingerprint density at radius 3 is 2.48 bits per heavy atom. The Morgan fingerprint density at radius 1 is 0.913 bits per heavy atom. The van der Waals surface area contributed by atoms with Crippen LogP contribution in [0.15, 0.2) is 60.9 Å². The second-order valence-electron chi connectivity index (χ2n) is 4.92. The Kier molecular flexibility index (Phi) is 4.79. The van der Waals surface area contributed by atoms with Crippen LogP contribution >= 0.6 is 23.2 Å². The highest BCUT2D eigenvalue weighted by molar-refractivity contribution is 6.35. The minimum atomic E-state index is -0.522. The Morgan fingerprint density at radius 2 is 1.70 bits per heavy atom. The van der Waals surface area contributed by atoms with E-state index in [2.05, 4.69) is 4.98 Å². The lowest BCUT2D eigenvalue weighted by atomic mass is 10.1. The van der Waals surface area contributed by atoms with Gasteiger partial charge in [-0.15, -0.1) is 0 Å². The Hall–Kier alpha value is -2.10. The first-order valence-electron chi connectivity index (χ1n) is 6.90. The van der Waals surface area contributed by atoms with Gasteiger partial charge in [0.2, 0.25) is 0 Å². The third-order valence-electron chi connectivity index (χ3n) is 3.30. The van der Waals surface area contributed by atoms with Gasteiger partial charge in [-0.05, 0) is 23.8 Å². The van der Waals surface area contributed by atoms with Crippen molar-refractivity contribution in [2.45, 2.75) is 6.61 Å². The molecule has 0 aliphatic carbocycles. The number of nitrogens with zero attached hydrogens (tertiary/aromatic N) is 1. The molecule has 0 unspecified atom stereocenters. The van der Waals surface area contributed by atoms with Crippen molar-refractivity contribution in [1.29, 1.82) is 0 Å². The van der Waals surface area contributed by atoms with Crippen LogP contribution in [0.4, 0.5) is 4.39 Å². The molecular weight excluding hydrogens is 336 g/mol. The van der Waals surface area contributed by atoms with Crippen molar-refractivity contribution in [3.05, 3.63) is 82.4 Å². The molecule has 0 spiro atoms. The molecule has 1 aromatic heterocycles. The van der Waals surface area contributed by atoms with Crippen molar-refractivity contribution in [3.63, 3.8) is 0 Å². The molecule has 3 rings (SSSR count). The first-order chi connectivity index (χ1) is 11.1. The fraction of sp³-hybridized carbons (Fsp3) is 0.0556. The van der Waals surface area contributed by atoms with E-state index in [0.29, 0.717) is 16.3 Å². The Balaban J connectivity index is 1.78. The number of hydrogen-bond acceptors (Lipinski definition) is 2. The monoisotopic (exact) mass is 347 g/mol. The lowest BCUT2D eigenvalue weighted by Crippen LogP contribution is -1.98. The van der Waals surface area contributed by atoms with Crippen LogP contribution in [0.1, 0.15) is 5.56 Å². The first kappa shape index (κ1) is 15.8. The number of pyridine rings is 1. The number of ether oxygens (including phenoxy) is 1. The summed E-state index contributed by atoms with van der Waals surface area (Å²) >= 11 is 11.7. The van der Waals surface area contributed by atoms with Crippen LogP contribution < -0.4 is 4.74 Å². The van der Waals surface area contributed by atoms with Crippen molar-refractivity contribution in [2.75, 3.05) is 0 Å². The molecule has 0 saturated carbocycles. The van der Waals surface area contributed by atoms with E-state index >= 15 is 0 Å². The van der Waals surface area contributed by atoms with Crippen LogP contribution in [0.5, 0.6) is 5.75 Å². The van der Waals surface area contributed by atoms with Gasteiger partial charge >= 0.3 is 0 Å². The van der Waals surface area contributed by atoms with E-state index in [1.807, 2.05) is 36.4 Å². The first-order valence-corrected chi connectivity index (χ1v) is 7.66. The molecule has 0 aliphatic heterocycles. The maximum Gasteiger partial charge on any atom is 0.142 e. The molecule has 0 aliphatic rings. The Labute approximate surface area is 143 Å². The minimum Gasteiger partial charge on any atom is -0.487 e. The maximum absolute atomic E-state index is 13.5. The summed E-state index contributed by atoms with van der Waals surface area (Å²) in [6.07, 6.45) is 3.36. The number of halogens is 3. The number of hydrogen-bond donors (Lipinski definition) is 0. The van der Waals surface area contributed by atoms with Gasteiger partial charge in [0, 0.05) is 22.3 Å². The zero-order valence-electron chi connectivity index (χ0n) is 12.0. The predicted octanol–water partition coefficient (Wildman–Crippen LogP) is 5.77.